The second kappa shape index (κ2) is 9.18. The molecule has 2 heterocycles. The molecule has 1 saturated heterocycles. The van der Waals surface area contributed by atoms with E-state index < -0.39 is 18.7 Å². The summed E-state index contributed by atoms with van der Waals surface area (Å²) < 4.78 is 47.1. The minimum absolute atomic E-state index is 0.0127. The topological polar surface area (TPSA) is 63.7 Å². The third-order valence-corrected chi connectivity index (χ3v) is 4.14. The van der Waals surface area contributed by atoms with Gasteiger partial charge in [-0.15, -0.1) is 0 Å². The highest BCUT2D eigenvalue weighted by Gasteiger charge is 2.30. The quantitative estimate of drug-likeness (QED) is 0.791. The van der Waals surface area contributed by atoms with Crippen LogP contribution in [0.3, 0.4) is 0 Å². The molecule has 1 aromatic rings. The largest absolute Gasteiger partial charge is 0.467 e. The van der Waals surface area contributed by atoms with Crippen molar-refractivity contribution in [1.82, 2.24) is 15.2 Å². The zero-order chi connectivity index (χ0) is 19.2. The van der Waals surface area contributed by atoms with Gasteiger partial charge in [0.05, 0.1) is 13.2 Å². The summed E-state index contributed by atoms with van der Waals surface area (Å²) in [5, 5.41) is 2.79. The molecule has 0 spiro atoms. The van der Waals surface area contributed by atoms with Crippen LogP contribution in [0.4, 0.5) is 13.2 Å². The summed E-state index contributed by atoms with van der Waals surface area (Å²) in [6.07, 6.45) is -3.21. The average Bonchev–Trinajstić information content (AvgIpc) is 2.60. The maximum atomic E-state index is 12.4. The number of halogens is 3. The van der Waals surface area contributed by atoms with Gasteiger partial charge in [-0.1, -0.05) is 13.8 Å². The number of amides is 1. The van der Waals surface area contributed by atoms with E-state index in [1.165, 1.54) is 18.3 Å². The molecule has 1 aliphatic rings. The van der Waals surface area contributed by atoms with Gasteiger partial charge in [-0.3, -0.25) is 9.69 Å². The molecule has 2 rings (SSSR count). The van der Waals surface area contributed by atoms with Gasteiger partial charge in [-0.05, 0) is 18.1 Å². The first kappa shape index (κ1) is 20.4. The molecule has 1 fully saturated rings. The molecule has 1 amide bonds. The predicted molar refractivity (Wildman–Crippen MR) is 89.1 cm³/mol. The summed E-state index contributed by atoms with van der Waals surface area (Å²) in [7, 11) is 0. The molecule has 1 N–H and O–H groups in total. The van der Waals surface area contributed by atoms with Gasteiger partial charge in [0.2, 0.25) is 5.88 Å². The lowest BCUT2D eigenvalue weighted by Crippen LogP contribution is -2.51. The van der Waals surface area contributed by atoms with Crippen molar-refractivity contribution >= 4 is 5.91 Å². The Hall–Kier alpha value is -1.87. The monoisotopic (exact) mass is 375 g/mol. The van der Waals surface area contributed by atoms with Crippen LogP contribution in [0.25, 0.3) is 0 Å². The van der Waals surface area contributed by atoms with Crippen LogP contribution in [0.1, 0.15) is 24.2 Å². The van der Waals surface area contributed by atoms with Gasteiger partial charge in [0, 0.05) is 31.9 Å². The highest BCUT2D eigenvalue weighted by Crippen LogP contribution is 2.20. The Labute approximate surface area is 150 Å². The molecular weight excluding hydrogens is 351 g/mol. The Morgan fingerprint density at radius 1 is 1.38 bits per heavy atom. The highest BCUT2D eigenvalue weighted by atomic mass is 19.4. The minimum Gasteiger partial charge on any atom is -0.467 e. The van der Waals surface area contributed by atoms with Crippen LogP contribution in [0.15, 0.2) is 18.3 Å². The van der Waals surface area contributed by atoms with Crippen molar-refractivity contribution in [2.24, 2.45) is 5.92 Å². The molecule has 0 bridgehead atoms. The SMILES string of the molecule is CC(C)C(CNC(=O)c1cccnc1OCC(F)(F)F)N1CCOCC1. The molecule has 0 aliphatic carbocycles. The van der Waals surface area contributed by atoms with Crippen LogP contribution in [0, 0.1) is 5.92 Å². The second-order valence-corrected chi connectivity index (χ2v) is 6.43. The van der Waals surface area contributed by atoms with Gasteiger partial charge in [-0.25, -0.2) is 4.98 Å². The fourth-order valence-corrected chi connectivity index (χ4v) is 2.82. The lowest BCUT2D eigenvalue weighted by atomic mass is 10.0. The average molecular weight is 375 g/mol. The number of aromatic nitrogens is 1. The molecule has 0 radical (unpaired) electrons. The van der Waals surface area contributed by atoms with Crippen LogP contribution in [0.5, 0.6) is 5.88 Å². The van der Waals surface area contributed by atoms with E-state index in [0.29, 0.717) is 25.7 Å². The van der Waals surface area contributed by atoms with E-state index in [4.69, 9.17) is 4.74 Å². The van der Waals surface area contributed by atoms with Crippen LogP contribution >= 0.6 is 0 Å². The van der Waals surface area contributed by atoms with Gasteiger partial charge >= 0.3 is 6.18 Å². The van der Waals surface area contributed by atoms with Crippen molar-refractivity contribution in [3.63, 3.8) is 0 Å². The summed E-state index contributed by atoms with van der Waals surface area (Å²) in [5.74, 6) is -0.535. The number of hydrogen-bond acceptors (Lipinski definition) is 5. The smallest absolute Gasteiger partial charge is 0.422 e. The van der Waals surface area contributed by atoms with Gasteiger partial charge in [0.25, 0.3) is 5.91 Å². The third kappa shape index (κ3) is 6.14. The van der Waals surface area contributed by atoms with Crippen molar-refractivity contribution in [2.75, 3.05) is 39.5 Å². The number of nitrogens with one attached hydrogen (secondary N) is 1. The Kier molecular flexibility index (Phi) is 7.22. The van der Waals surface area contributed by atoms with E-state index >= 15 is 0 Å². The number of pyridine rings is 1. The first-order valence-corrected chi connectivity index (χ1v) is 8.52. The van der Waals surface area contributed by atoms with E-state index in [1.54, 1.807) is 0 Å². The molecule has 1 aromatic heterocycles. The number of carbonyl (C=O) groups excluding carboxylic acids is 1. The Bertz CT molecular complexity index is 590. The van der Waals surface area contributed by atoms with Gasteiger partial charge in [0.1, 0.15) is 5.56 Å². The number of morpholine rings is 1. The predicted octanol–water partition coefficient (Wildman–Crippen LogP) is 2.11. The molecule has 146 valence electrons. The van der Waals surface area contributed by atoms with E-state index in [0.717, 1.165) is 13.1 Å². The molecule has 0 aromatic carbocycles. The number of hydrogen-bond donors (Lipinski definition) is 1. The summed E-state index contributed by atoms with van der Waals surface area (Å²) in [6.45, 7) is 5.88. The maximum absolute atomic E-state index is 12.4. The minimum atomic E-state index is -4.50. The number of nitrogens with zero attached hydrogens (tertiary/aromatic N) is 2. The molecule has 6 nitrogen and oxygen atoms in total. The van der Waals surface area contributed by atoms with Crippen LogP contribution < -0.4 is 10.1 Å². The van der Waals surface area contributed by atoms with E-state index in [2.05, 4.69) is 33.8 Å². The molecule has 1 unspecified atom stereocenters. The van der Waals surface area contributed by atoms with Gasteiger partial charge < -0.3 is 14.8 Å². The Morgan fingerprint density at radius 3 is 2.69 bits per heavy atom. The second-order valence-electron chi connectivity index (χ2n) is 6.43. The molecule has 1 atom stereocenters. The van der Waals surface area contributed by atoms with E-state index in [1.807, 2.05) is 0 Å². The number of ether oxygens (including phenoxy) is 2. The van der Waals surface area contributed by atoms with Gasteiger partial charge in [-0.2, -0.15) is 13.2 Å². The first-order valence-electron chi connectivity index (χ1n) is 8.52. The molecular formula is C17H24F3N3O3. The van der Waals surface area contributed by atoms with Crippen molar-refractivity contribution in [3.05, 3.63) is 23.9 Å². The van der Waals surface area contributed by atoms with Crippen LogP contribution in [-0.2, 0) is 4.74 Å². The highest BCUT2D eigenvalue weighted by molar-refractivity contribution is 5.96. The van der Waals surface area contributed by atoms with E-state index in [-0.39, 0.29) is 17.5 Å². The normalized spacial score (nSPS) is 17.2. The maximum Gasteiger partial charge on any atom is 0.422 e. The summed E-state index contributed by atoms with van der Waals surface area (Å²) in [4.78, 5) is 18.4. The molecule has 9 heteroatoms. The lowest BCUT2D eigenvalue weighted by molar-refractivity contribution is -0.154. The van der Waals surface area contributed by atoms with Crippen molar-refractivity contribution in [1.29, 1.82) is 0 Å². The molecule has 0 saturated carbocycles. The zero-order valence-corrected chi connectivity index (χ0v) is 14.9. The van der Waals surface area contributed by atoms with Crippen molar-refractivity contribution < 1.29 is 27.4 Å². The Balaban J connectivity index is 2.00. The fourth-order valence-electron chi connectivity index (χ4n) is 2.82. The summed E-state index contributed by atoms with van der Waals surface area (Å²) >= 11 is 0. The summed E-state index contributed by atoms with van der Waals surface area (Å²) in [5.41, 5.74) is -0.0127. The standard InChI is InChI=1S/C17H24F3N3O3/c1-12(2)14(23-6-8-25-9-7-23)10-22-15(24)13-4-3-5-21-16(13)26-11-17(18,19)20/h3-5,12,14H,6-11H2,1-2H3,(H,22,24). The lowest BCUT2D eigenvalue weighted by Gasteiger charge is -2.36. The number of alkyl halides is 3. The number of carbonyl (C=O) groups is 1. The summed E-state index contributed by atoms with van der Waals surface area (Å²) in [6, 6.07) is 2.99. The number of rotatable bonds is 7. The first-order chi connectivity index (χ1) is 12.3. The van der Waals surface area contributed by atoms with Crippen molar-refractivity contribution in [2.45, 2.75) is 26.1 Å². The molecule has 1 aliphatic heterocycles. The van der Waals surface area contributed by atoms with Crippen molar-refractivity contribution in [3.8, 4) is 5.88 Å². The van der Waals surface area contributed by atoms with Crippen LogP contribution in [0.2, 0.25) is 0 Å². The van der Waals surface area contributed by atoms with Gasteiger partial charge in [0.15, 0.2) is 6.61 Å². The van der Waals surface area contributed by atoms with Crippen LogP contribution in [-0.4, -0.2) is 67.5 Å². The zero-order valence-electron chi connectivity index (χ0n) is 14.9. The fraction of sp³-hybridized carbons (Fsp3) is 0.647. The third-order valence-electron chi connectivity index (χ3n) is 4.14. The van der Waals surface area contributed by atoms with E-state index in [9.17, 15) is 18.0 Å². The Morgan fingerprint density at radius 2 is 2.08 bits per heavy atom. The molecule has 26 heavy (non-hydrogen) atoms.